The lowest BCUT2D eigenvalue weighted by molar-refractivity contribution is -0.133. The van der Waals surface area contributed by atoms with Gasteiger partial charge >= 0.3 is 5.97 Å². The number of allylic oxidation sites excluding steroid dienone is 1. The molecule has 1 atom stereocenters. The van der Waals surface area contributed by atoms with Crippen molar-refractivity contribution in [2.45, 2.75) is 57.7 Å². The van der Waals surface area contributed by atoms with Crippen molar-refractivity contribution in [2.24, 2.45) is 0 Å². The number of nitrogens with zero attached hydrogens (tertiary/aromatic N) is 3. The first-order valence-corrected chi connectivity index (χ1v) is 11.4. The van der Waals surface area contributed by atoms with Gasteiger partial charge in [-0.15, -0.1) is 0 Å². The van der Waals surface area contributed by atoms with Crippen LogP contribution in [0.1, 0.15) is 65.6 Å². The molecule has 0 saturated carbocycles. The van der Waals surface area contributed by atoms with Crippen LogP contribution in [0.5, 0.6) is 0 Å². The summed E-state index contributed by atoms with van der Waals surface area (Å²) in [6.45, 7) is 2.75. The number of imidazole rings is 1. The number of fused-ring (bicyclic) bond motifs is 1. The maximum Gasteiger partial charge on any atom is 0.359 e. The predicted octanol–water partition coefficient (Wildman–Crippen LogP) is 3.09. The highest BCUT2D eigenvalue weighted by Crippen LogP contribution is 2.31. The Morgan fingerprint density at radius 1 is 1.21 bits per heavy atom. The minimum absolute atomic E-state index is 0.0175. The fourth-order valence-electron chi connectivity index (χ4n) is 4.64. The molecule has 0 bridgehead atoms. The fourth-order valence-corrected chi connectivity index (χ4v) is 4.64. The average molecular weight is 451 g/mol. The van der Waals surface area contributed by atoms with Crippen molar-refractivity contribution in [3.8, 4) is 0 Å². The highest BCUT2D eigenvalue weighted by atomic mass is 16.5. The molecule has 8 nitrogen and oxygen atoms in total. The highest BCUT2D eigenvalue weighted by Gasteiger charge is 2.48. The molecule has 1 aliphatic carbocycles. The molecule has 2 aliphatic rings. The number of ether oxygens (including phenoxy) is 1. The number of benzene rings is 1. The molecule has 1 aliphatic heterocycles. The Hall–Kier alpha value is -3.42. The van der Waals surface area contributed by atoms with Gasteiger partial charge in [-0.25, -0.2) is 9.78 Å². The Bertz CT molecular complexity index is 1080. The van der Waals surface area contributed by atoms with Crippen LogP contribution in [-0.2, 0) is 22.6 Å². The smallest absolute Gasteiger partial charge is 0.359 e. The van der Waals surface area contributed by atoms with Crippen LogP contribution in [0.3, 0.4) is 0 Å². The molecule has 0 saturated heterocycles. The molecule has 1 N–H and O–H groups in total. The maximum atomic E-state index is 13.6. The van der Waals surface area contributed by atoms with Gasteiger partial charge in [0.05, 0.1) is 20.0 Å². The largest absolute Gasteiger partial charge is 0.464 e. The van der Waals surface area contributed by atoms with Crippen molar-refractivity contribution in [2.75, 3.05) is 13.7 Å². The van der Waals surface area contributed by atoms with E-state index in [1.165, 1.54) is 25.4 Å². The van der Waals surface area contributed by atoms with E-state index >= 15 is 0 Å². The number of esters is 1. The summed E-state index contributed by atoms with van der Waals surface area (Å²) in [4.78, 5) is 45.0. The Labute approximate surface area is 193 Å². The number of hydrogen-bond donors (Lipinski definition) is 1. The van der Waals surface area contributed by atoms with Crippen molar-refractivity contribution in [1.82, 2.24) is 19.8 Å². The molecule has 174 valence electrons. The lowest BCUT2D eigenvalue weighted by Crippen LogP contribution is -2.64. The van der Waals surface area contributed by atoms with E-state index in [2.05, 4.69) is 16.4 Å². The van der Waals surface area contributed by atoms with Crippen LogP contribution < -0.4 is 5.32 Å². The molecular weight excluding hydrogens is 420 g/mol. The molecule has 0 fully saturated rings. The summed E-state index contributed by atoms with van der Waals surface area (Å²) in [7, 11) is 1.26. The number of amides is 2. The molecule has 1 unspecified atom stereocenters. The van der Waals surface area contributed by atoms with Crippen LogP contribution in [0.2, 0.25) is 0 Å². The summed E-state index contributed by atoms with van der Waals surface area (Å²) >= 11 is 0. The van der Waals surface area contributed by atoms with Crippen LogP contribution >= 0.6 is 0 Å². The van der Waals surface area contributed by atoms with Crippen LogP contribution in [0, 0.1) is 0 Å². The van der Waals surface area contributed by atoms with Gasteiger partial charge in [-0.05, 0) is 44.6 Å². The molecule has 4 rings (SSSR count). The van der Waals surface area contributed by atoms with Gasteiger partial charge in [0.15, 0.2) is 5.69 Å². The second-order valence-electron chi connectivity index (χ2n) is 8.82. The molecule has 0 radical (unpaired) electrons. The van der Waals surface area contributed by atoms with Crippen molar-refractivity contribution in [3.05, 3.63) is 65.3 Å². The van der Waals surface area contributed by atoms with E-state index in [1.54, 1.807) is 16.4 Å². The Morgan fingerprint density at radius 3 is 2.70 bits per heavy atom. The predicted molar refractivity (Wildman–Crippen MR) is 122 cm³/mol. The molecule has 1 aromatic carbocycles. The maximum absolute atomic E-state index is 13.6. The molecule has 2 heterocycles. The van der Waals surface area contributed by atoms with E-state index < -0.39 is 11.5 Å². The van der Waals surface area contributed by atoms with Crippen LogP contribution in [0.15, 0.2) is 48.3 Å². The molecular formula is C25H30N4O4. The third-order valence-corrected chi connectivity index (χ3v) is 6.56. The summed E-state index contributed by atoms with van der Waals surface area (Å²) in [5, 5.41) is 3.00. The second kappa shape index (κ2) is 9.60. The third-order valence-electron chi connectivity index (χ3n) is 6.56. The lowest BCUT2D eigenvalue weighted by Gasteiger charge is -2.44. The van der Waals surface area contributed by atoms with Crippen LogP contribution in [-0.4, -0.2) is 51.4 Å². The number of aromatic nitrogens is 2. The zero-order chi connectivity index (χ0) is 23.4. The van der Waals surface area contributed by atoms with Gasteiger partial charge in [0.2, 0.25) is 5.91 Å². The Morgan fingerprint density at radius 2 is 2.00 bits per heavy atom. The van der Waals surface area contributed by atoms with Gasteiger partial charge in [0, 0.05) is 13.1 Å². The van der Waals surface area contributed by atoms with Crippen molar-refractivity contribution >= 4 is 17.8 Å². The molecule has 8 heteroatoms. The first-order chi connectivity index (χ1) is 15.9. The van der Waals surface area contributed by atoms with Gasteiger partial charge in [-0.1, -0.05) is 42.0 Å². The molecule has 33 heavy (non-hydrogen) atoms. The highest BCUT2D eigenvalue weighted by molar-refractivity contribution is 6.06. The Balaban J connectivity index is 1.62. The fraction of sp³-hybridized carbons (Fsp3) is 0.440. The summed E-state index contributed by atoms with van der Waals surface area (Å²) in [6.07, 6.45) is 8.79. The van der Waals surface area contributed by atoms with Crippen molar-refractivity contribution in [1.29, 1.82) is 0 Å². The van der Waals surface area contributed by atoms with E-state index in [0.717, 1.165) is 24.8 Å². The molecule has 2 aromatic rings. The number of carbonyl (C=O) groups excluding carboxylic acids is 3. The second-order valence-corrected chi connectivity index (χ2v) is 8.82. The van der Waals surface area contributed by atoms with Crippen molar-refractivity contribution < 1.29 is 19.1 Å². The topological polar surface area (TPSA) is 93.5 Å². The van der Waals surface area contributed by atoms with E-state index in [1.807, 2.05) is 30.3 Å². The van der Waals surface area contributed by atoms with Gasteiger partial charge in [-0.2, -0.15) is 0 Å². The zero-order valence-corrected chi connectivity index (χ0v) is 19.2. The van der Waals surface area contributed by atoms with E-state index in [0.29, 0.717) is 19.5 Å². The zero-order valence-electron chi connectivity index (χ0n) is 19.2. The number of methoxy groups -OCH3 is 1. The molecule has 2 amide bonds. The Kier molecular flexibility index (Phi) is 6.62. The summed E-state index contributed by atoms with van der Waals surface area (Å²) in [5.74, 6) is -1.28. The molecule has 1 aromatic heterocycles. The summed E-state index contributed by atoms with van der Waals surface area (Å²) in [6, 6.07) is 9.65. The van der Waals surface area contributed by atoms with Crippen LogP contribution in [0.4, 0.5) is 0 Å². The summed E-state index contributed by atoms with van der Waals surface area (Å²) < 4.78 is 6.40. The third kappa shape index (κ3) is 4.55. The van der Waals surface area contributed by atoms with Crippen molar-refractivity contribution in [3.63, 3.8) is 0 Å². The first-order valence-electron chi connectivity index (χ1n) is 11.4. The monoisotopic (exact) mass is 450 g/mol. The number of carbonyl (C=O) groups is 3. The first kappa shape index (κ1) is 22.8. The van der Waals surface area contributed by atoms with Gasteiger partial charge < -0.3 is 19.5 Å². The average Bonchev–Trinajstić information content (AvgIpc) is 3.26. The lowest BCUT2D eigenvalue weighted by atomic mass is 9.92. The van der Waals surface area contributed by atoms with E-state index in [4.69, 9.17) is 4.74 Å². The van der Waals surface area contributed by atoms with Gasteiger partial charge in [0.25, 0.3) is 5.91 Å². The standard InChI is InChI=1S/C25H30N4O4/c1-25(24(32)26-15-19-11-7-4-8-12-19)16-28-17-27-20(23(31)33-2)21(28)22(30)29(25)14-13-18-9-5-3-6-10-18/h4,7-9,11-12,17H,3,5-6,10,13-16H2,1-2H3,(H,26,32). The minimum atomic E-state index is -1.12. The number of hydrogen-bond acceptors (Lipinski definition) is 5. The SMILES string of the molecule is COC(=O)c1ncn2c1C(=O)N(CCC1=CCCCC1)C(C)(C(=O)NCc1ccccc1)C2. The van der Waals surface area contributed by atoms with Gasteiger partial charge in [-0.3, -0.25) is 9.59 Å². The molecule has 0 spiro atoms. The van der Waals surface area contributed by atoms with E-state index in [-0.39, 0.29) is 29.7 Å². The quantitative estimate of drug-likeness (QED) is 0.517. The van der Waals surface area contributed by atoms with Gasteiger partial charge in [0.1, 0.15) is 11.2 Å². The normalized spacial score (nSPS) is 20.1. The van der Waals surface area contributed by atoms with Crippen LogP contribution in [0.25, 0.3) is 0 Å². The summed E-state index contributed by atoms with van der Waals surface area (Å²) in [5.41, 5.74) is 1.33. The number of rotatable bonds is 7. The van der Waals surface area contributed by atoms with E-state index in [9.17, 15) is 14.4 Å². The minimum Gasteiger partial charge on any atom is -0.464 e. The number of nitrogens with one attached hydrogen (secondary N) is 1.